The molecule has 0 saturated carbocycles. The maximum Gasteiger partial charge on any atom is 0.357 e. The van der Waals surface area contributed by atoms with Gasteiger partial charge in [-0.05, 0) is 49.2 Å². The summed E-state index contributed by atoms with van der Waals surface area (Å²) in [6.07, 6.45) is 0. The third-order valence-corrected chi connectivity index (χ3v) is 6.38. The molecule has 2 amide bonds. The lowest BCUT2D eigenvalue weighted by Crippen LogP contribution is -2.22. The molecule has 4 rings (SSSR count). The predicted octanol–water partition coefficient (Wildman–Crippen LogP) is 7.29. The minimum Gasteiger partial charge on any atom is -0.504 e. The molecule has 0 aliphatic carbocycles. The number of methoxy groups -OCH3 is 1. The number of para-hydroxylation sites is 2. The zero-order valence-electron chi connectivity index (χ0n) is 20.8. The van der Waals surface area contributed by atoms with Crippen LogP contribution >= 0.6 is 23.2 Å². The third kappa shape index (κ3) is 5.41. The van der Waals surface area contributed by atoms with Crippen LogP contribution in [-0.4, -0.2) is 35.4 Å². The fraction of sp³-hybridized carbons (Fsp3) is 0.143. The lowest BCUT2D eigenvalue weighted by Gasteiger charge is -2.14. The normalized spacial score (nSPS) is 10.7. The molecule has 3 aromatic carbocycles. The van der Waals surface area contributed by atoms with Crippen LogP contribution in [0.15, 0.2) is 66.7 Å². The van der Waals surface area contributed by atoms with Crippen LogP contribution in [0.1, 0.15) is 23.0 Å². The Balaban J connectivity index is 1.69. The number of urea groups is 1. The minimum atomic E-state index is -0.668. The van der Waals surface area contributed by atoms with Crippen molar-refractivity contribution < 1.29 is 24.2 Å². The average Bonchev–Trinajstić information content (AvgIpc) is 3.22. The quantitative estimate of drug-likeness (QED) is 0.208. The molecule has 0 aliphatic rings. The van der Waals surface area contributed by atoms with E-state index in [-0.39, 0.29) is 28.9 Å². The van der Waals surface area contributed by atoms with Crippen LogP contribution in [0.5, 0.6) is 11.5 Å². The van der Waals surface area contributed by atoms with E-state index in [2.05, 4.69) is 10.6 Å². The number of halogens is 2. The Labute approximate surface area is 229 Å². The first-order valence-corrected chi connectivity index (χ1v) is 12.4. The van der Waals surface area contributed by atoms with Gasteiger partial charge in [-0.3, -0.25) is 4.57 Å². The number of hydrogen-bond donors (Lipinski definition) is 3. The smallest absolute Gasteiger partial charge is 0.357 e. The number of esters is 1. The van der Waals surface area contributed by atoms with Crippen molar-refractivity contribution in [2.24, 2.45) is 0 Å². The Hall–Kier alpha value is -4.14. The van der Waals surface area contributed by atoms with Gasteiger partial charge in [0.15, 0.2) is 17.2 Å². The molecule has 0 fully saturated rings. The molecule has 0 atom stereocenters. The largest absolute Gasteiger partial charge is 0.504 e. The van der Waals surface area contributed by atoms with Crippen LogP contribution in [0.3, 0.4) is 0 Å². The van der Waals surface area contributed by atoms with Crippen molar-refractivity contribution in [2.45, 2.75) is 13.8 Å². The van der Waals surface area contributed by atoms with Gasteiger partial charge in [0.05, 0.1) is 30.1 Å². The molecule has 4 aromatic rings. The summed E-state index contributed by atoms with van der Waals surface area (Å²) >= 11 is 12.8. The highest BCUT2D eigenvalue weighted by molar-refractivity contribution is 6.34. The number of carbonyl (C=O) groups excluding carboxylic acids is 2. The Morgan fingerprint density at radius 2 is 1.71 bits per heavy atom. The van der Waals surface area contributed by atoms with Crippen molar-refractivity contribution in [2.75, 3.05) is 24.4 Å². The summed E-state index contributed by atoms with van der Waals surface area (Å²) < 4.78 is 11.9. The highest BCUT2D eigenvalue weighted by Crippen LogP contribution is 2.38. The van der Waals surface area contributed by atoms with Gasteiger partial charge in [0.1, 0.15) is 5.15 Å². The van der Waals surface area contributed by atoms with Crippen molar-refractivity contribution in [3.63, 3.8) is 0 Å². The highest BCUT2D eigenvalue weighted by atomic mass is 35.5. The summed E-state index contributed by atoms with van der Waals surface area (Å²) in [5.41, 5.74) is 3.26. The second-order valence-electron chi connectivity index (χ2n) is 8.20. The molecule has 1 aromatic heterocycles. The van der Waals surface area contributed by atoms with Crippen LogP contribution in [0.4, 0.5) is 16.2 Å². The van der Waals surface area contributed by atoms with E-state index in [1.807, 2.05) is 13.0 Å². The number of ether oxygens (including phenoxy) is 2. The molecule has 0 spiro atoms. The Kier molecular flexibility index (Phi) is 8.14. The number of benzene rings is 3. The number of rotatable bonds is 7. The molecule has 0 bridgehead atoms. The molecular formula is C28H25Cl2N3O5. The molecule has 38 heavy (non-hydrogen) atoms. The van der Waals surface area contributed by atoms with Crippen molar-refractivity contribution in [1.29, 1.82) is 0 Å². The summed E-state index contributed by atoms with van der Waals surface area (Å²) in [5, 5.41) is 16.5. The molecule has 0 radical (unpaired) electrons. The molecule has 0 unspecified atom stereocenters. The maximum atomic E-state index is 13.0. The van der Waals surface area contributed by atoms with Gasteiger partial charge in [0, 0.05) is 17.3 Å². The SMILES string of the molecule is CCOC(=O)c1c(NC(=O)Nc2c(C)cccc2Cl)cc(Cl)n1-c1ccc(-c2cccc(OC)c2O)cc1. The van der Waals surface area contributed by atoms with E-state index in [4.69, 9.17) is 32.7 Å². The Morgan fingerprint density at radius 1 is 1.00 bits per heavy atom. The zero-order chi connectivity index (χ0) is 27.4. The van der Waals surface area contributed by atoms with E-state index in [1.165, 1.54) is 17.7 Å². The first kappa shape index (κ1) is 26.9. The van der Waals surface area contributed by atoms with E-state index in [0.29, 0.717) is 27.7 Å². The predicted molar refractivity (Wildman–Crippen MR) is 149 cm³/mol. The van der Waals surface area contributed by atoms with Gasteiger partial charge in [-0.15, -0.1) is 0 Å². The van der Waals surface area contributed by atoms with Crippen molar-refractivity contribution in [1.82, 2.24) is 4.57 Å². The summed E-state index contributed by atoms with van der Waals surface area (Å²) in [7, 11) is 1.48. The van der Waals surface area contributed by atoms with E-state index in [0.717, 1.165) is 11.1 Å². The van der Waals surface area contributed by atoms with Gasteiger partial charge >= 0.3 is 12.0 Å². The number of aromatic nitrogens is 1. The number of amides is 2. The van der Waals surface area contributed by atoms with Crippen LogP contribution in [0.2, 0.25) is 10.2 Å². The second kappa shape index (κ2) is 11.5. The minimum absolute atomic E-state index is 0.0141. The molecule has 196 valence electrons. The Bertz CT molecular complexity index is 1480. The van der Waals surface area contributed by atoms with Crippen molar-refractivity contribution in [3.05, 3.63) is 88.2 Å². The third-order valence-electron chi connectivity index (χ3n) is 5.79. The lowest BCUT2D eigenvalue weighted by atomic mass is 10.0. The van der Waals surface area contributed by atoms with Crippen molar-refractivity contribution >= 4 is 46.6 Å². The number of nitrogens with one attached hydrogen (secondary N) is 2. The standard InChI is InChI=1S/C28H25Cl2N3O5/c1-4-38-27(35)25-21(31-28(36)32-24-16(2)7-5-9-20(24)29)15-23(30)33(25)18-13-11-17(12-14-18)19-8-6-10-22(37-3)26(19)34/h5-15,34H,4H2,1-3H3,(H2,31,32,36). The number of phenolic OH excluding ortho intramolecular Hbond substituents is 1. The first-order valence-electron chi connectivity index (χ1n) is 11.6. The number of phenols is 1. The van der Waals surface area contributed by atoms with Crippen LogP contribution in [0.25, 0.3) is 16.8 Å². The molecule has 10 heteroatoms. The number of aryl methyl sites for hydroxylation is 1. The van der Waals surface area contributed by atoms with Gasteiger partial charge < -0.3 is 25.2 Å². The number of carbonyl (C=O) groups is 2. The fourth-order valence-electron chi connectivity index (χ4n) is 4.00. The maximum absolute atomic E-state index is 13.0. The van der Waals surface area contributed by atoms with Crippen molar-refractivity contribution in [3.8, 4) is 28.3 Å². The number of hydrogen-bond acceptors (Lipinski definition) is 5. The van der Waals surface area contributed by atoms with Gasteiger partial charge in [-0.25, -0.2) is 9.59 Å². The monoisotopic (exact) mass is 553 g/mol. The highest BCUT2D eigenvalue weighted by Gasteiger charge is 2.25. The van der Waals surface area contributed by atoms with Gasteiger partial charge in [0.2, 0.25) is 0 Å². The summed E-state index contributed by atoms with van der Waals surface area (Å²) in [4.78, 5) is 25.8. The van der Waals surface area contributed by atoms with E-state index >= 15 is 0 Å². The molecule has 0 aliphatic heterocycles. The number of nitrogens with zero attached hydrogens (tertiary/aromatic N) is 1. The number of anilines is 2. The fourth-order valence-corrected chi connectivity index (χ4v) is 4.56. The molecule has 3 N–H and O–H groups in total. The topological polar surface area (TPSA) is 102 Å². The van der Waals surface area contributed by atoms with Crippen LogP contribution in [-0.2, 0) is 4.74 Å². The molecule has 0 saturated heterocycles. The first-order chi connectivity index (χ1) is 18.2. The van der Waals surface area contributed by atoms with E-state index in [1.54, 1.807) is 61.5 Å². The Morgan fingerprint density at radius 3 is 2.37 bits per heavy atom. The zero-order valence-corrected chi connectivity index (χ0v) is 22.4. The summed E-state index contributed by atoms with van der Waals surface area (Å²) in [5.74, 6) is -0.302. The molecule has 8 nitrogen and oxygen atoms in total. The van der Waals surface area contributed by atoms with Gasteiger partial charge in [0.25, 0.3) is 0 Å². The summed E-state index contributed by atoms with van der Waals surface area (Å²) in [6, 6.07) is 18.3. The number of aromatic hydroxyl groups is 1. The molecule has 1 heterocycles. The average molecular weight is 554 g/mol. The van der Waals surface area contributed by atoms with E-state index in [9.17, 15) is 14.7 Å². The lowest BCUT2D eigenvalue weighted by molar-refractivity contribution is 0.0518. The molecular weight excluding hydrogens is 529 g/mol. The van der Waals surface area contributed by atoms with Crippen LogP contribution in [0, 0.1) is 6.92 Å². The summed E-state index contributed by atoms with van der Waals surface area (Å²) in [6.45, 7) is 3.62. The van der Waals surface area contributed by atoms with Gasteiger partial charge in [-0.1, -0.05) is 59.6 Å². The van der Waals surface area contributed by atoms with Gasteiger partial charge in [-0.2, -0.15) is 0 Å². The second-order valence-corrected chi connectivity index (χ2v) is 8.99. The van der Waals surface area contributed by atoms with E-state index < -0.39 is 12.0 Å². The van der Waals surface area contributed by atoms with Crippen LogP contribution < -0.4 is 15.4 Å².